The van der Waals surface area contributed by atoms with Gasteiger partial charge in [0.15, 0.2) is 0 Å². The fraction of sp³-hybridized carbons (Fsp3) is 0.545. The van der Waals surface area contributed by atoms with Crippen molar-refractivity contribution in [2.45, 2.75) is 32.1 Å². The molecule has 1 aliphatic carbocycles. The molecule has 1 nitrogen and oxygen atoms in total. The molecule has 0 atom stereocenters. The number of carbonyl (C=O) groups excluding carboxylic acids is 1. The molecule has 1 fully saturated rings. The Hall–Kier alpha value is -0.850. The third-order valence-corrected chi connectivity index (χ3v) is 2.33. The van der Waals surface area contributed by atoms with Crippen LogP contribution in [0.4, 0.5) is 0 Å². The minimum absolute atomic E-state index is 0.759. The zero-order valence-electron chi connectivity index (χ0n) is 7.41. The van der Waals surface area contributed by atoms with E-state index in [0.717, 1.165) is 12.2 Å². The molecule has 0 unspecified atom stereocenters. The van der Waals surface area contributed by atoms with Gasteiger partial charge in [0, 0.05) is 0 Å². The van der Waals surface area contributed by atoms with Crippen LogP contribution < -0.4 is 0 Å². The standard InChI is InChI=1S/C11H16O/c12-10-6-2-5-9-11-7-3-1-4-8-11/h2,5-6,9-11H,1,3-4,7-8H2/b6-2+,9-5+. The van der Waals surface area contributed by atoms with E-state index in [1.807, 2.05) is 12.2 Å². The van der Waals surface area contributed by atoms with Crippen LogP contribution in [0.1, 0.15) is 32.1 Å². The molecule has 0 amide bonds. The Balaban J connectivity index is 2.23. The van der Waals surface area contributed by atoms with Crippen molar-refractivity contribution in [1.29, 1.82) is 0 Å². The van der Waals surface area contributed by atoms with Gasteiger partial charge in [-0.25, -0.2) is 0 Å². The van der Waals surface area contributed by atoms with Gasteiger partial charge in [-0.05, 0) is 24.8 Å². The van der Waals surface area contributed by atoms with Gasteiger partial charge in [-0.15, -0.1) is 0 Å². The predicted molar refractivity (Wildman–Crippen MR) is 50.9 cm³/mol. The van der Waals surface area contributed by atoms with Gasteiger partial charge in [-0.2, -0.15) is 0 Å². The van der Waals surface area contributed by atoms with Crippen LogP contribution >= 0.6 is 0 Å². The van der Waals surface area contributed by atoms with E-state index in [1.54, 1.807) is 0 Å². The lowest BCUT2D eigenvalue weighted by Gasteiger charge is -2.17. The zero-order valence-corrected chi connectivity index (χ0v) is 7.41. The van der Waals surface area contributed by atoms with E-state index in [2.05, 4.69) is 6.08 Å². The summed E-state index contributed by atoms with van der Waals surface area (Å²) < 4.78 is 0. The summed E-state index contributed by atoms with van der Waals surface area (Å²) in [7, 11) is 0. The summed E-state index contributed by atoms with van der Waals surface area (Å²) in [5.41, 5.74) is 0. The van der Waals surface area contributed by atoms with Crippen LogP contribution in [-0.4, -0.2) is 6.29 Å². The third kappa shape index (κ3) is 3.51. The molecule has 0 N–H and O–H groups in total. The number of allylic oxidation sites excluding steroid dienone is 4. The largest absolute Gasteiger partial charge is 0.299 e. The Kier molecular flexibility index (Phi) is 4.43. The molecule has 0 aromatic heterocycles. The second kappa shape index (κ2) is 5.76. The van der Waals surface area contributed by atoms with Crippen LogP contribution in [0.25, 0.3) is 0 Å². The predicted octanol–water partition coefficient (Wildman–Crippen LogP) is 2.88. The van der Waals surface area contributed by atoms with E-state index in [-0.39, 0.29) is 0 Å². The SMILES string of the molecule is O=C/C=C/C=C/C1CCCCC1. The normalized spacial score (nSPS) is 20.7. The van der Waals surface area contributed by atoms with E-state index >= 15 is 0 Å². The summed E-state index contributed by atoms with van der Waals surface area (Å²) in [6.45, 7) is 0. The molecule has 0 aromatic rings. The quantitative estimate of drug-likeness (QED) is 0.356. The van der Waals surface area contributed by atoms with E-state index in [1.165, 1.54) is 38.2 Å². The maximum Gasteiger partial charge on any atom is 0.142 e. The van der Waals surface area contributed by atoms with Gasteiger partial charge < -0.3 is 0 Å². The van der Waals surface area contributed by atoms with Crippen molar-refractivity contribution < 1.29 is 4.79 Å². The topological polar surface area (TPSA) is 17.1 Å². The van der Waals surface area contributed by atoms with Crippen molar-refractivity contribution in [2.75, 3.05) is 0 Å². The highest BCUT2D eigenvalue weighted by molar-refractivity contribution is 5.65. The molecular formula is C11H16O. The van der Waals surface area contributed by atoms with Crippen LogP contribution in [0.3, 0.4) is 0 Å². The van der Waals surface area contributed by atoms with Crippen LogP contribution in [0, 0.1) is 5.92 Å². The molecule has 1 saturated carbocycles. The lowest BCUT2D eigenvalue weighted by Crippen LogP contribution is -2.02. The molecule has 0 aromatic carbocycles. The van der Waals surface area contributed by atoms with Crippen molar-refractivity contribution in [3.05, 3.63) is 24.3 Å². The van der Waals surface area contributed by atoms with Crippen LogP contribution in [0.2, 0.25) is 0 Å². The number of aldehydes is 1. The average molecular weight is 164 g/mol. The summed E-state index contributed by atoms with van der Waals surface area (Å²) in [4.78, 5) is 9.94. The van der Waals surface area contributed by atoms with Gasteiger partial charge in [-0.1, -0.05) is 37.5 Å². The second-order valence-corrected chi connectivity index (χ2v) is 3.30. The van der Waals surface area contributed by atoms with Crippen LogP contribution in [0.5, 0.6) is 0 Å². The first-order chi connectivity index (χ1) is 5.93. The van der Waals surface area contributed by atoms with Gasteiger partial charge in [0.05, 0.1) is 0 Å². The zero-order chi connectivity index (χ0) is 8.65. The molecule has 0 bridgehead atoms. The van der Waals surface area contributed by atoms with E-state index < -0.39 is 0 Å². The fourth-order valence-corrected chi connectivity index (χ4v) is 1.66. The smallest absolute Gasteiger partial charge is 0.142 e. The lowest BCUT2D eigenvalue weighted by molar-refractivity contribution is -0.104. The number of carbonyl (C=O) groups is 1. The number of rotatable bonds is 3. The first-order valence-electron chi connectivity index (χ1n) is 4.72. The molecule has 0 spiro atoms. The van der Waals surface area contributed by atoms with Crippen molar-refractivity contribution in [3.8, 4) is 0 Å². The Morgan fingerprint density at radius 2 is 1.67 bits per heavy atom. The first-order valence-corrected chi connectivity index (χ1v) is 4.72. The summed E-state index contributed by atoms with van der Waals surface area (Å²) >= 11 is 0. The Bertz CT molecular complexity index is 173. The van der Waals surface area contributed by atoms with Gasteiger partial charge in [0.25, 0.3) is 0 Å². The monoisotopic (exact) mass is 164 g/mol. The van der Waals surface area contributed by atoms with Gasteiger partial charge >= 0.3 is 0 Å². The highest BCUT2D eigenvalue weighted by Crippen LogP contribution is 2.24. The average Bonchev–Trinajstić information content (AvgIpc) is 2.14. The Labute approximate surface area is 74.2 Å². The summed E-state index contributed by atoms with van der Waals surface area (Å²) in [5, 5.41) is 0. The lowest BCUT2D eigenvalue weighted by atomic mass is 9.89. The molecule has 0 aliphatic heterocycles. The summed E-state index contributed by atoms with van der Waals surface area (Å²) in [6, 6.07) is 0. The molecule has 1 rings (SSSR count). The minimum atomic E-state index is 0.759. The minimum Gasteiger partial charge on any atom is -0.299 e. The van der Waals surface area contributed by atoms with Crippen molar-refractivity contribution in [1.82, 2.24) is 0 Å². The van der Waals surface area contributed by atoms with Crippen molar-refractivity contribution >= 4 is 6.29 Å². The molecule has 1 heteroatoms. The maximum atomic E-state index is 9.94. The molecular weight excluding hydrogens is 148 g/mol. The highest BCUT2D eigenvalue weighted by atomic mass is 16.1. The Morgan fingerprint density at radius 1 is 0.917 bits per heavy atom. The van der Waals surface area contributed by atoms with E-state index in [9.17, 15) is 4.79 Å². The van der Waals surface area contributed by atoms with E-state index in [4.69, 9.17) is 0 Å². The van der Waals surface area contributed by atoms with Gasteiger partial charge in [0.2, 0.25) is 0 Å². The van der Waals surface area contributed by atoms with Crippen LogP contribution in [0.15, 0.2) is 24.3 Å². The fourth-order valence-electron chi connectivity index (χ4n) is 1.66. The van der Waals surface area contributed by atoms with Crippen molar-refractivity contribution in [3.63, 3.8) is 0 Å². The highest BCUT2D eigenvalue weighted by Gasteiger charge is 2.08. The number of hydrogen-bond donors (Lipinski definition) is 0. The van der Waals surface area contributed by atoms with Gasteiger partial charge in [0.1, 0.15) is 6.29 Å². The first kappa shape index (κ1) is 9.24. The number of hydrogen-bond acceptors (Lipinski definition) is 1. The molecule has 0 heterocycles. The maximum absolute atomic E-state index is 9.94. The van der Waals surface area contributed by atoms with Crippen molar-refractivity contribution in [2.24, 2.45) is 5.92 Å². The molecule has 1 aliphatic rings. The second-order valence-electron chi connectivity index (χ2n) is 3.30. The summed E-state index contributed by atoms with van der Waals surface area (Å²) in [6.07, 6.45) is 15.1. The molecule has 66 valence electrons. The third-order valence-electron chi connectivity index (χ3n) is 2.33. The summed E-state index contributed by atoms with van der Waals surface area (Å²) in [5.74, 6) is 0.759. The molecule has 0 radical (unpaired) electrons. The molecule has 0 saturated heterocycles. The van der Waals surface area contributed by atoms with E-state index in [0.29, 0.717) is 0 Å². The van der Waals surface area contributed by atoms with Gasteiger partial charge in [-0.3, -0.25) is 4.79 Å². The Morgan fingerprint density at radius 3 is 2.33 bits per heavy atom. The molecule has 12 heavy (non-hydrogen) atoms. The van der Waals surface area contributed by atoms with Crippen LogP contribution in [-0.2, 0) is 4.79 Å².